The highest BCUT2D eigenvalue weighted by molar-refractivity contribution is 7.84. The molecule has 4 aromatic rings. The van der Waals surface area contributed by atoms with Gasteiger partial charge in [0.05, 0.1) is 35.0 Å². The summed E-state index contributed by atoms with van der Waals surface area (Å²) < 4.78 is 32.6. The zero-order valence-corrected chi connectivity index (χ0v) is 26.4. The van der Waals surface area contributed by atoms with Gasteiger partial charge in [0.2, 0.25) is 5.91 Å². The molecule has 1 atom stereocenters. The predicted octanol–water partition coefficient (Wildman–Crippen LogP) is 6.93. The molecule has 0 bridgehead atoms. The maximum absolute atomic E-state index is 12.5. The summed E-state index contributed by atoms with van der Waals surface area (Å²) in [6.07, 6.45) is 1.71. The fourth-order valence-electron chi connectivity index (χ4n) is 4.38. The van der Waals surface area contributed by atoms with Crippen molar-refractivity contribution in [1.82, 2.24) is 4.72 Å². The monoisotopic (exact) mass is 604 g/mol. The van der Waals surface area contributed by atoms with E-state index in [9.17, 15) is 13.8 Å². The summed E-state index contributed by atoms with van der Waals surface area (Å²) in [4.78, 5) is 24.6. The minimum atomic E-state index is -1.18. The van der Waals surface area contributed by atoms with Crippen LogP contribution in [0.15, 0.2) is 71.3 Å². The number of ether oxygens (including phenoxy) is 2. The molecule has 9 heteroatoms. The zero-order chi connectivity index (χ0) is 31.1. The van der Waals surface area contributed by atoms with Crippen molar-refractivity contribution in [3.05, 3.63) is 83.6 Å². The van der Waals surface area contributed by atoms with Gasteiger partial charge in [-0.3, -0.25) is 9.59 Å². The summed E-state index contributed by atoms with van der Waals surface area (Å²) in [7, 11) is -1.18. The van der Waals surface area contributed by atoms with Crippen LogP contribution in [-0.2, 0) is 44.9 Å². The number of esters is 1. The molecule has 0 fully saturated rings. The number of amides is 1. The maximum atomic E-state index is 12.5. The Morgan fingerprint density at radius 3 is 2.51 bits per heavy atom. The third kappa shape index (κ3) is 8.55. The number of furan rings is 1. The molecular formula is C34H40N2O6S. The molecular weight excluding hydrogens is 564 g/mol. The molecule has 0 aliphatic rings. The van der Waals surface area contributed by atoms with Gasteiger partial charge in [0.15, 0.2) is 0 Å². The van der Waals surface area contributed by atoms with Crippen molar-refractivity contribution in [2.24, 2.45) is 5.92 Å². The smallest absolute Gasteiger partial charge is 0.310 e. The summed E-state index contributed by atoms with van der Waals surface area (Å²) in [6.45, 7) is 12.2. The SMILES string of the molecule is CCOC(=O)Cc1ccc(NC(=O)C(C)C)cc1OCc1cc(-c2cccc(CNS(=O)C(C)(C)C)c2)c2occc2c1. The molecule has 3 aromatic carbocycles. The van der Waals surface area contributed by atoms with E-state index in [1.165, 1.54) is 0 Å². The van der Waals surface area contributed by atoms with Gasteiger partial charge in [0, 0.05) is 40.7 Å². The van der Waals surface area contributed by atoms with Gasteiger partial charge in [-0.15, -0.1) is 0 Å². The van der Waals surface area contributed by atoms with Crippen molar-refractivity contribution in [3.8, 4) is 16.9 Å². The van der Waals surface area contributed by atoms with E-state index in [0.29, 0.717) is 23.5 Å². The molecule has 43 heavy (non-hydrogen) atoms. The van der Waals surface area contributed by atoms with Crippen molar-refractivity contribution in [2.45, 2.75) is 65.9 Å². The van der Waals surface area contributed by atoms with Crippen molar-refractivity contribution in [2.75, 3.05) is 11.9 Å². The van der Waals surface area contributed by atoms with Crippen LogP contribution >= 0.6 is 0 Å². The summed E-state index contributed by atoms with van der Waals surface area (Å²) in [6, 6.07) is 19.3. The van der Waals surface area contributed by atoms with Crippen LogP contribution in [0.1, 0.15) is 58.2 Å². The minimum absolute atomic E-state index is 0.0500. The number of carbonyl (C=O) groups excluding carboxylic acids is 2. The Balaban J connectivity index is 1.61. The van der Waals surface area contributed by atoms with Crippen LogP contribution in [-0.4, -0.2) is 27.4 Å². The van der Waals surface area contributed by atoms with E-state index in [-0.39, 0.29) is 42.2 Å². The molecule has 1 aromatic heterocycles. The van der Waals surface area contributed by atoms with Crippen molar-refractivity contribution >= 4 is 39.5 Å². The lowest BCUT2D eigenvalue weighted by Gasteiger charge is -2.18. The molecule has 1 amide bonds. The van der Waals surface area contributed by atoms with Crippen LogP contribution in [0.4, 0.5) is 5.69 Å². The molecule has 4 rings (SSSR count). The number of rotatable bonds is 12. The largest absolute Gasteiger partial charge is 0.489 e. The van der Waals surface area contributed by atoms with Gasteiger partial charge in [-0.2, -0.15) is 0 Å². The molecule has 0 saturated heterocycles. The number of anilines is 1. The molecule has 0 aliphatic heterocycles. The number of benzene rings is 3. The first-order valence-corrected chi connectivity index (χ1v) is 15.6. The summed E-state index contributed by atoms with van der Waals surface area (Å²) >= 11 is 0. The Bertz CT molecular complexity index is 1620. The van der Waals surface area contributed by atoms with E-state index in [0.717, 1.165) is 33.2 Å². The number of fused-ring (bicyclic) bond motifs is 1. The third-order valence-corrected chi connectivity index (χ3v) is 8.22. The van der Waals surface area contributed by atoms with Crippen LogP contribution in [0.25, 0.3) is 22.1 Å². The van der Waals surface area contributed by atoms with Crippen LogP contribution in [0, 0.1) is 5.92 Å². The first kappa shape index (κ1) is 32.0. The standard InChI is InChI=1S/C34H40N2O6S/c1-7-40-31(37)18-26-11-12-28(36-33(38)22(2)3)19-30(26)42-21-24-16-27-13-14-41-32(27)29(17-24)25-10-8-9-23(15-25)20-35-43(39)34(4,5)6/h8-17,19,22,35H,7,18,20-21H2,1-6H3,(H,36,38). The average molecular weight is 605 g/mol. The van der Waals surface area contributed by atoms with Gasteiger partial charge in [-0.25, -0.2) is 8.93 Å². The Labute approximate surface area is 255 Å². The molecule has 1 unspecified atom stereocenters. The van der Waals surface area contributed by atoms with Crippen LogP contribution in [0.3, 0.4) is 0 Å². The van der Waals surface area contributed by atoms with Gasteiger partial charge in [0.25, 0.3) is 0 Å². The highest BCUT2D eigenvalue weighted by atomic mass is 32.2. The fourth-order valence-corrected chi connectivity index (χ4v) is 5.11. The lowest BCUT2D eigenvalue weighted by molar-refractivity contribution is -0.142. The maximum Gasteiger partial charge on any atom is 0.310 e. The first-order chi connectivity index (χ1) is 20.4. The van der Waals surface area contributed by atoms with Crippen molar-refractivity contribution < 1.29 is 27.7 Å². The Morgan fingerprint density at radius 1 is 1.00 bits per heavy atom. The Hall–Kier alpha value is -3.95. The second kappa shape index (κ2) is 14.0. The zero-order valence-electron chi connectivity index (χ0n) is 25.6. The number of hydrogen-bond acceptors (Lipinski definition) is 6. The van der Waals surface area contributed by atoms with Gasteiger partial charge in [-0.05, 0) is 74.7 Å². The molecule has 8 nitrogen and oxygen atoms in total. The van der Waals surface area contributed by atoms with Gasteiger partial charge in [-0.1, -0.05) is 38.1 Å². The summed E-state index contributed by atoms with van der Waals surface area (Å²) in [5.74, 6) is -0.155. The number of nitrogens with one attached hydrogen (secondary N) is 2. The minimum Gasteiger partial charge on any atom is -0.489 e. The van der Waals surface area contributed by atoms with E-state index in [2.05, 4.69) is 16.1 Å². The predicted molar refractivity (Wildman–Crippen MR) is 171 cm³/mol. The lowest BCUT2D eigenvalue weighted by Crippen LogP contribution is -2.32. The van der Waals surface area contributed by atoms with Gasteiger partial charge < -0.3 is 19.2 Å². The summed E-state index contributed by atoms with van der Waals surface area (Å²) in [5.41, 5.74) is 5.78. The van der Waals surface area contributed by atoms with E-state index < -0.39 is 11.0 Å². The van der Waals surface area contributed by atoms with E-state index in [1.54, 1.807) is 31.4 Å². The third-order valence-electron chi connectivity index (χ3n) is 6.71. The summed E-state index contributed by atoms with van der Waals surface area (Å²) in [5, 5.41) is 3.82. The van der Waals surface area contributed by atoms with Gasteiger partial charge in [0.1, 0.15) is 17.9 Å². The van der Waals surface area contributed by atoms with Gasteiger partial charge >= 0.3 is 5.97 Å². The molecule has 0 spiro atoms. The topological polar surface area (TPSA) is 107 Å². The van der Waals surface area contributed by atoms with Crippen LogP contribution in [0.2, 0.25) is 0 Å². The van der Waals surface area contributed by atoms with Crippen LogP contribution in [0.5, 0.6) is 5.75 Å². The molecule has 0 radical (unpaired) electrons. The quantitative estimate of drug-likeness (QED) is 0.170. The number of hydrogen-bond donors (Lipinski definition) is 2. The number of carbonyl (C=O) groups is 2. The Kier molecular flexibility index (Phi) is 10.4. The fraction of sp³-hybridized carbons (Fsp3) is 0.353. The molecule has 228 valence electrons. The molecule has 2 N–H and O–H groups in total. The highest BCUT2D eigenvalue weighted by Gasteiger charge is 2.19. The van der Waals surface area contributed by atoms with Crippen LogP contribution < -0.4 is 14.8 Å². The normalized spacial score (nSPS) is 12.3. The van der Waals surface area contributed by atoms with Crippen molar-refractivity contribution in [3.63, 3.8) is 0 Å². The second-order valence-corrected chi connectivity index (χ2v) is 13.7. The molecule has 0 saturated carbocycles. The van der Waals surface area contributed by atoms with E-state index >= 15 is 0 Å². The Morgan fingerprint density at radius 2 is 1.79 bits per heavy atom. The van der Waals surface area contributed by atoms with E-state index in [4.69, 9.17) is 13.9 Å². The molecule has 0 aliphatic carbocycles. The first-order valence-electron chi connectivity index (χ1n) is 14.4. The highest BCUT2D eigenvalue weighted by Crippen LogP contribution is 2.33. The van der Waals surface area contributed by atoms with Crippen molar-refractivity contribution in [1.29, 1.82) is 0 Å². The van der Waals surface area contributed by atoms with E-state index in [1.807, 2.05) is 71.0 Å². The molecule has 1 heterocycles. The lowest BCUT2D eigenvalue weighted by atomic mass is 9.99. The average Bonchev–Trinajstić information content (AvgIpc) is 3.44. The second-order valence-electron chi connectivity index (χ2n) is 11.6.